The standard InChI is InChI=1S/C15H19NO2S/c1-12-6-7-13(5-3-4-9-17)14(11-12)16-15(18)8-10-19-2/h6-7,11,17H,4,8-10H2,1-2H3,(H,16,18). The van der Waals surface area contributed by atoms with E-state index in [1.54, 1.807) is 11.8 Å². The number of hydrogen-bond donors (Lipinski definition) is 2. The number of benzene rings is 1. The Labute approximate surface area is 118 Å². The monoisotopic (exact) mass is 277 g/mol. The molecular weight excluding hydrogens is 258 g/mol. The lowest BCUT2D eigenvalue weighted by molar-refractivity contribution is -0.115. The molecule has 4 heteroatoms. The van der Waals surface area contributed by atoms with Crippen molar-refractivity contribution in [2.45, 2.75) is 19.8 Å². The van der Waals surface area contributed by atoms with Crippen LogP contribution in [0.2, 0.25) is 0 Å². The van der Waals surface area contributed by atoms with E-state index in [2.05, 4.69) is 17.2 Å². The zero-order valence-corrected chi connectivity index (χ0v) is 12.1. The molecule has 0 aromatic heterocycles. The highest BCUT2D eigenvalue weighted by Crippen LogP contribution is 2.17. The number of carbonyl (C=O) groups is 1. The van der Waals surface area contributed by atoms with Crippen LogP contribution >= 0.6 is 11.8 Å². The van der Waals surface area contributed by atoms with Gasteiger partial charge in [-0.15, -0.1) is 0 Å². The molecule has 0 aliphatic rings. The van der Waals surface area contributed by atoms with Gasteiger partial charge in [0.15, 0.2) is 0 Å². The number of anilines is 1. The predicted molar refractivity (Wildman–Crippen MR) is 81.4 cm³/mol. The lowest BCUT2D eigenvalue weighted by atomic mass is 10.1. The fourth-order valence-electron chi connectivity index (χ4n) is 1.49. The minimum absolute atomic E-state index is 0.00478. The Bertz CT molecular complexity index is 489. The second-order valence-corrected chi connectivity index (χ2v) is 5.10. The summed E-state index contributed by atoms with van der Waals surface area (Å²) < 4.78 is 0. The zero-order valence-electron chi connectivity index (χ0n) is 11.3. The van der Waals surface area contributed by atoms with Crippen LogP contribution in [0.1, 0.15) is 24.0 Å². The summed E-state index contributed by atoms with van der Waals surface area (Å²) in [5, 5.41) is 11.6. The van der Waals surface area contributed by atoms with E-state index in [1.807, 2.05) is 31.4 Å². The smallest absolute Gasteiger partial charge is 0.225 e. The van der Waals surface area contributed by atoms with Crippen LogP contribution in [0.5, 0.6) is 0 Å². The number of amides is 1. The van der Waals surface area contributed by atoms with Crippen LogP contribution in [-0.2, 0) is 4.79 Å². The van der Waals surface area contributed by atoms with Crippen molar-refractivity contribution in [2.75, 3.05) is 23.9 Å². The summed E-state index contributed by atoms with van der Waals surface area (Å²) in [4.78, 5) is 11.8. The summed E-state index contributed by atoms with van der Waals surface area (Å²) in [6, 6.07) is 5.77. The third-order valence-corrected chi connectivity index (χ3v) is 3.05. The van der Waals surface area contributed by atoms with E-state index in [1.165, 1.54) is 0 Å². The number of aliphatic hydroxyl groups is 1. The molecule has 0 aliphatic carbocycles. The molecule has 0 fully saturated rings. The highest BCUT2D eigenvalue weighted by Gasteiger charge is 2.05. The van der Waals surface area contributed by atoms with Crippen molar-refractivity contribution in [1.29, 1.82) is 0 Å². The average molecular weight is 277 g/mol. The second kappa shape index (κ2) is 8.63. The van der Waals surface area contributed by atoms with E-state index in [4.69, 9.17) is 5.11 Å². The molecule has 0 spiro atoms. The minimum Gasteiger partial charge on any atom is -0.395 e. The van der Waals surface area contributed by atoms with E-state index >= 15 is 0 Å². The normalized spacial score (nSPS) is 9.63. The lowest BCUT2D eigenvalue weighted by Crippen LogP contribution is -2.13. The van der Waals surface area contributed by atoms with Crippen LogP contribution in [-0.4, -0.2) is 29.6 Å². The summed E-state index contributed by atoms with van der Waals surface area (Å²) in [5.74, 6) is 6.66. The van der Waals surface area contributed by atoms with Gasteiger partial charge in [0.2, 0.25) is 5.91 Å². The molecule has 0 aliphatic heterocycles. The van der Waals surface area contributed by atoms with Gasteiger partial charge in [0.05, 0.1) is 12.3 Å². The third-order valence-electron chi connectivity index (χ3n) is 2.44. The number of nitrogens with one attached hydrogen (secondary N) is 1. The molecule has 0 saturated carbocycles. The number of hydrogen-bond acceptors (Lipinski definition) is 3. The van der Waals surface area contributed by atoms with E-state index < -0.39 is 0 Å². The largest absolute Gasteiger partial charge is 0.395 e. The van der Waals surface area contributed by atoms with E-state index in [9.17, 15) is 4.79 Å². The Morgan fingerprint density at radius 1 is 1.47 bits per heavy atom. The van der Waals surface area contributed by atoms with Crippen LogP contribution in [0, 0.1) is 18.8 Å². The Kier molecular flexibility index (Phi) is 7.09. The topological polar surface area (TPSA) is 49.3 Å². The molecule has 1 rings (SSSR count). The van der Waals surface area contributed by atoms with Crippen LogP contribution in [0.4, 0.5) is 5.69 Å². The van der Waals surface area contributed by atoms with Crippen molar-refractivity contribution >= 4 is 23.4 Å². The minimum atomic E-state index is 0.00478. The summed E-state index contributed by atoms with van der Waals surface area (Å²) >= 11 is 1.65. The number of thioether (sulfide) groups is 1. The third kappa shape index (κ3) is 5.82. The molecule has 0 saturated heterocycles. The molecule has 0 radical (unpaired) electrons. The molecular formula is C15H19NO2S. The number of aryl methyl sites for hydroxylation is 1. The van der Waals surface area contributed by atoms with Gasteiger partial charge < -0.3 is 10.4 Å². The SMILES string of the molecule is CSCCC(=O)Nc1cc(C)ccc1C#CCCO. The highest BCUT2D eigenvalue weighted by atomic mass is 32.2. The zero-order chi connectivity index (χ0) is 14.1. The van der Waals surface area contributed by atoms with Gasteiger partial charge in [-0.3, -0.25) is 4.79 Å². The van der Waals surface area contributed by atoms with Crippen molar-refractivity contribution in [2.24, 2.45) is 0 Å². The molecule has 0 bridgehead atoms. The van der Waals surface area contributed by atoms with Gasteiger partial charge in [-0.25, -0.2) is 0 Å². The molecule has 102 valence electrons. The first-order valence-corrected chi connectivity index (χ1v) is 7.56. The maximum absolute atomic E-state index is 11.8. The van der Waals surface area contributed by atoms with Crippen molar-refractivity contribution in [3.8, 4) is 11.8 Å². The molecule has 0 unspecified atom stereocenters. The second-order valence-electron chi connectivity index (χ2n) is 4.12. The summed E-state index contributed by atoms with van der Waals surface area (Å²) in [6.07, 6.45) is 2.91. The molecule has 3 nitrogen and oxygen atoms in total. The maximum atomic E-state index is 11.8. The molecule has 2 N–H and O–H groups in total. The van der Waals surface area contributed by atoms with Gasteiger partial charge in [0.25, 0.3) is 0 Å². The maximum Gasteiger partial charge on any atom is 0.225 e. The average Bonchev–Trinajstić information content (AvgIpc) is 2.39. The van der Waals surface area contributed by atoms with Crippen LogP contribution in [0.15, 0.2) is 18.2 Å². The van der Waals surface area contributed by atoms with Gasteiger partial charge in [-0.1, -0.05) is 17.9 Å². The van der Waals surface area contributed by atoms with E-state index in [0.29, 0.717) is 12.8 Å². The van der Waals surface area contributed by atoms with E-state index in [-0.39, 0.29) is 12.5 Å². The molecule has 1 aromatic carbocycles. The van der Waals surface area contributed by atoms with Crippen LogP contribution in [0.3, 0.4) is 0 Å². The number of carbonyl (C=O) groups excluding carboxylic acids is 1. The fraction of sp³-hybridized carbons (Fsp3) is 0.400. The van der Waals surface area contributed by atoms with E-state index in [0.717, 1.165) is 22.6 Å². The quantitative estimate of drug-likeness (QED) is 0.813. The summed E-state index contributed by atoms with van der Waals surface area (Å²) in [6.45, 7) is 2.02. The number of aliphatic hydroxyl groups excluding tert-OH is 1. The molecule has 0 heterocycles. The van der Waals surface area contributed by atoms with Gasteiger partial charge >= 0.3 is 0 Å². The van der Waals surface area contributed by atoms with Gasteiger partial charge in [0.1, 0.15) is 0 Å². The van der Waals surface area contributed by atoms with Crippen molar-refractivity contribution < 1.29 is 9.90 Å². The molecule has 1 amide bonds. The first-order valence-electron chi connectivity index (χ1n) is 6.16. The predicted octanol–water partition coefficient (Wildman–Crippen LogP) is 2.42. The Morgan fingerprint density at radius 2 is 2.26 bits per heavy atom. The van der Waals surface area contributed by atoms with Crippen molar-refractivity contribution in [3.05, 3.63) is 29.3 Å². The Balaban J connectivity index is 2.83. The van der Waals surface area contributed by atoms with Crippen molar-refractivity contribution in [1.82, 2.24) is 0 Å². The van der Waals surface area contributed by atoms with Crippen LogP contribution in [0.25, 0.3) is 0 Å². The Morgan fingerprint density at radius 3 is 2.95 bits per heavy atom. The first-order chi connectivity index (χ1) is 9.17. The molecule has 0 atom stereocenters. The van der Waals surface area contributed by atoms with Gasteiger partial charge in [0, 0.05) is 24.2 Å². The van der Waals surface area contributed by atoms with Gasteiger partial charge in [-0.05, 0) is 30.9 Å². The van der Waals surface area contributed by atoms with Crippen LogP contribution < -0.4 is 5.32 Å². The summed E-state index contributed by atoms with van der Waals surface area (Å²) in [7, 11) is 0. The summed E-state index contributed by atoms with van der Waals surface area (Å²) in [5.41, 5.74) is 2.61. The van der Waals surface area contributed by atoms with Crippen molar-refractivity contribution in [3.63, 3.8) is 0 Å². The first kappa shape index (κ1) is 15.6. The highest BCUT2D eigenvalue weighted by molar-refractivity contribution is 7.98. The Hall–Kier alpha value is -1.44. The fourth-order valence-corrected chi connectivity index (χ4v) is 1.88. The lowest BCUT2D eigenvalue weighted by Gasteiger charge is -2.08. The number of rotatable bonds is 5. The van der Waals surface area contributed by atoms with Gasteiger partial charge in [-0.2, -0.15) is 11.8 Å². The molecule has 1 aromatic rings. The molecule has 19 heavy (non-hydrogen) atoms.